The Kier molecular flexibility index (Phi) is 9.35. The second-order valence-electron chi connectivity index (χ2n) is 3.81. The fraction of sp³-hybridized carbons (Fsp3) is 1.00. The standard InChI is InChI=1S/C11H25NO2/c1-3-5-6-7-10(11(14)9-13)12-8-4-2/h10-14H,3-9H2,1-2H3/t10-,11-/m1/s1. The van der Waals surface area contributed by atoms with Crippen molar-refractivity contribution in [3.63, 3.8) is 0 Å². The zero-order chi connectivity index (χ0) is 10.8. The average Bonchev–Trinajstić information content (AvgIpc) is 2.22. The monoisotopic (exact) mass is 203 g/mol. The normalized spacial score (nSPS) is 15.4. The summed E-state index contributed by atoms with van der Waals surface area (Å²) in [5.74, 6) is 0. The summed E-state index contributed by atoms with van der Waals surface area (Å²) in [7, 11) is 0. The minimum atomic E-state index is -0.613. The molecule has 0 aliphatic heterocycles. The summed E-state index contributed by atoms with van der Waals surface area (Å²) in [6.07, 6.45) is 4.91. The lowest BCUT2D eigenvalue weighted by atomic mass is 10.0. The largest absolute Gasteiger partial charge is 0.394 e. The van der Waals surface area contributed by atoms with Gasteiger partial charge >= 0.3 is 0 Å². The third-order valence-electron chi connectivity index (χ3n) is 2.43. The summed E-state index contributed by atoms with van der Waals surface area (Å²) in [6, 6.07) is 0.0616. The Morgan fingerprint density at radius 1 is 1.14 bits per heavy atom. The van der Waals surface area contributed by atoms with E-state index in [1.54, 1.807) is 0 Å². The van der Waals surface area contributed by atoms with Crippen molar-refractivity contribution < 1.29 is 10.2 Å². The summed E-state index contributed by atoms with van der Waals surface area (Å²) >= 11 is 0. The van der Waals surface area contributed by atoms with Gasteiger partial charge in [0.25, 0.3) is 0 Å². The molecule has 86 valence electrons. The highest BCUT2D eigenvalue weighted by atomic mass is 16.3. The summed E-state index contributed by atoms with van der Waals surface area (Å²) < 4.78 is 0. The van der Waals surface area contributed by atoms with Crippen molar-refractivity contribution in [2.75, 3.05) is 13.2 Å². The van der Waals surface area contributed by atoms with Crippen LogP contribution in [0.3, 0.4) is 0 Å². The predicted octanol–water partition coefficient (Wildman–Crippen LogP) is 1.29. The molecule has 0 aliphatic carbocycles. The molecule has 0 heterocycles. The Morgan fingerprint density at radius 2 is 1.86 bits per heavy atom. The van der Waals surface area contributed by atoms with Crippen LogP contribution < -0.4 is 5.32 Å². The molecule has 14 heavy (non-hydrogen) atoms. The molecule has 0 fully saturated rings. The number of unbranched alkanes of at least 4 members (excludes halogenated alkanes) is 2. The SMILES string of the molecule is CCCCC[C@@H](NCCC)[C@H](O)CO. The van der Waals surface area contributed by atoms with E-state index in [9.17, 15) is 5.11 Å². The summed E-state index contributed by atoms with van der Waals surface area (Å²) in [5.41, 5.74) is 0. The molecule has 0 aromatic carbocycles. The molecule has 3 heteroatoms. The Bertz CT molecular complexity index is 120. The molecule has 0 amide bonds. The second-order valence-corrected chi connectivity index (χ2v) is 3.81. The molecule has 2 atom stereocenters. The lowest BCUT2D eigenvalue weighted by Gasteiger charge is -2.22. The maximum Gasteiger partial charge on any atom is 0.0923 e. The van der Waals surface area contributed by atoms with E-state index in [4.69, 9.17) is 5.11 Å². The first-order chi connectivity index (χ1) is 6.76. The first kappa shape index (κ1) is 13.9. The van der Waals surface area contributed by atoms with E-state index in [0.29, 0.717) is 0 Å². The van der Waals surface area contributed by atoms with Crippen molar-refractivity contribution in [3.8, 4) is 0 Å². The number of nitrogens with one attached hydrogen (secondary N) is 1. The summed E-state index contributed by atoms with van der Waals surface area (Å²) in [6.45, 7) is 5.03. The third kappa shape index (κ3) is 6.35. The predicted molar refractivity (Wildman–Crippen MR) is 59.3 cm³/mol. The zero-order valence-corrected chi connectivity index (χ0v) is 9.50. The molecule has 0 aromatic rings. The fourth-order valence-electron chi connectivity index (χ4n) is 1.50. The van der Waals surface area contributed by atoms with Gasteiger partial charge in [0.05, 0.1) is 12.7 Å². The van der Waals surface area contributed by atoms with Gasteiger partial charge in [-0.15, -0.1) is 0 Å². The molecule has 0 unspecified atom stereocenters. The van der Waals surface area contributed by atoms with Crippen molar-refractivity contribution in [2.45, 2.75) is 58.1 Å². The van der Waals surface area contributed by atoms with Crippen molar-refractivity contribution in [3.05, 3.63) is 0 Å². The first-order valence-corrected chi connectivity index (χ1v) is 5.78. The van der Waals surface area contributed by atoms with E-state index in [0.717, 1.165) is 25.8 Å². The average molecular weight is 203 g/mol. The maximum atomic E-state index is 9.53. The molecular formula is C11H25NO2. The van der Waals surface area contributed by atoms with Gasteiger partial charge in [-0.1, -0.05) is 33.1 Å². The van der Waals surface area contributed by atoms with Gasteiger partial charge in [0.2, 0.25) is 0 Å². The van der Waals surface area contributed by atoms with Crippen LogP contribution in [0.4, 0.5) is 0 Å². The molecule has 0 aliphatic rings. The van der Waals surface area contributed by atoms with Crippen LogP contribution >= 0.6 is 0 Å². The van der Waals surface area contributed by atoms with Crippen LogP contribution in [0.2, 0.25) is 0 Å². The number of hydrogen-bond acceptors (Lipinski definition) is 3. The van der Waals surface area contributed by atoms with Crippen molar-refractivity contribution >= 4 is 0 Å². The molecule has 0 aromatic heterocycles. The molecule has 0 rings (SSSR count). The number of aliphatic hydroxyl groups excluding tert-OH is 2. The Morgan fingerprint density at radius 3 is 2.36 bits per heavy atom. The number of hydrogen-bond donors (Lipinski definition) is 3. The van der Waals surface area contributed by atoms with Crippen LogP contribution in [0.15, 0.2) is 0 Å². The van der Waals surface area contributed by atoms with E-state index in [1.165, 1.54) is 12.8 Å². The molecule has 0 spiro atoms. The molecule has 0 radical (unpaired) electrons. The maximum absolute atomic E-state index is 9.53. The van der Waals surface area contributed by atoms with Crippen molar-refractivity contribution in [2.24, 2.45) is 0 Å². The molecule has 0 saturated carbocycles. The van der Waals surface area contributed by atoms with E-state index < -0.39 is 6.10 Å². The van der Waals surface area contributed by atoms with Gasteiger partial charge in [-0.05, 0) is 19.4 Å². The van der Waals surface area contributed by atoms with Gasteiger partial charge in [-0.3, -0.25) is 0 Å². The van der Waals surface area contributed by atoms with Crippen LogP contribution in [0.1, 0.15) is 46.0 Å². The number of aliphatic hydroxyl groups is 2. The topological polar surface area (TPSA) is 52.5 Å². The molecular weight excluding hydrogens is 178 g/mol. The van der Waals surface area contributed by atoms with Crippen molar-refractivity contribution in [1.29, 1.82) is 0 Å². The Labute approximate surface area is 87.5 Å². The lowest BCUT2D eigenvalue weighted by molar-refractivity contribution is 0.0593. The van der Waals surface area contributed by atoms with Gasteiger partial charge in [-0.25, -0.2) is 0 Å². The summed E-state index contributed by atoms with van der Waals surface area (Å²) in [4.78, 5) is 0. The fourth-order valence-corrected chi connectivity index (χ4v) is 1.50. The van der Waals surface area contributed by atoms with E-state index in [1.807, 2.05) is 0 Å². The van der Waals surface area contributed by atoms with E-state index in [2.05, 4.69) is 19.2 Å². The first-order valence-electron chi connectivity index (χ1n) is 5.78. The lowest BCUT2D eigenvalue weighted by Crippen LogP contribution is -2.42. The highest BCUT2D eigenvalue weighted by Gasteiger charge is 2.16. The highest BCUT2D eigenvalue weighted by Crippen LogP contribution is 2.06. The van der Waals surface area contributed by atoms with Crippen LogP contribution in [-0.4, -0.2) is 35.5 Å². The van der Waals surface area contributed by atoms with E-state index >= 15 is 0 Å². The Balaban J connectivity index is 3.72. The quantitative estimate of drug-likeness (QED) is 0.495. The van der Waals surface area contributed by atoms with Crippen LogP contribution in [-0.2, 0) is 0 Å². The van der Waals surface area contributed by atoms with Gasteiger partial charge in [0, 0.05) is 6.04 Å². The minimum absolute atomic E-state index is 0.0616. The molecule has 0 bridgehead atoms. The van der Waals surface area contributed by atoms with Gasteiger partial charge in [-0.2, -0.15) is 0 Å². The zero-order valence-electron chi connectivity index (χ0n) is 9.50. The molecule has 3 nitrogen and oxygen atoms in total. The third-order valence-corrected chi connectivity index (χ3v) is 2.43. The molecule has 3 N–H and O–H groups in total. The Hall–Kier alpha value is -0.120. The number of rotatable bonds is 9. The van der Waals surface area contributed by atoms with Crippen LogP contribution in [0.25, 0.3) is 0 Å². The van der Waals surface area contributed by atoms with E-state index in [-0.39, 0.29) is 12.6 Å². The minimum Gasteiger partial charge on any atom is -0.394 e. The van der Waals surface area contributed by atoms with Crippen molar-refractivity contribution in [1.82, 2.24) is 5.32 Å². The summed E-state index contributed by atoms with van der Waals surface area (Å²) in [5, 5.41) is 21.7. The van der Waals surface area contributed by atoms with Crippen LogP contribution in [0.5, 0.6) is 0 Å². The van der Waals surface area contributed by atoms with Gasteiger partial charge in [0.1, 0.15) is 0 Å². The smallest absolute Gasteiger partial charge is 0.0923 e. The van der Waals surface area contributed by atoms with Gasteiger partial charge < -0.3 is 15.5 Å². The second kappa shape index (κ2) is 9.44. The molecule has 0 saturated heterocycles. The van der Waals surface area contributed by atoms with Gasteiger partial charge in [0.15, 0.2) is 0 Å². The highest BCUT2D eigenvalue weighted by molar-refractivity contribution is 4.74. The van der Waals surface area contributed by atoms with Crippen LogP contribution in [0, 0.1) is 0 Å².